The molecule has 0 saturated heterocycles. The number of rotatable bonds is 5. The SMILES string of the molecule is Cc1ccc([N+](=O)[O-])c(S(=O)(=O)N[C@H](C)c2cnn(C)c2)c1C. The van der Waals surface area contributed by atoms with Crippen LogP contribution in [-0.2, 0) is 17.1 Å². The van der Waals surface area contributed by atoms with E-state index in [9.17, 15) is 18.5 Å². The molecule has 2 rings (SSSR count). The van der Waals surface area contributed by atoms with E-state index < -0.39 is 26.7 Å². The van der Waals surface area contributed by atoms with Crippen LogP contribution in [0.4, 0.5) is 5.69 Å². The van der Waals surface area contributed by atoms with Crippen LogP contribution in [0, 0.1) is 24.0 Å². The zero-order valence-corrected chi connectivity index (χ0v) is 14.1. The van der Waals surface area contributed by atoms with Gasteiger partial charge in [-0.05, 0) is 31.9 Å². The summed E-state index contributed by atoms with van der Waals surface area (Å²) in [5.74, 6) is 0. The first kappa shape index (κ1) is 17.1. The summed E-state index contributed by atoms with van der Waals surface area (Å²) in [7, 11) is -2.33. The number of aryl methyl sites for hydroxylation is 2. The maximum atomic E-state index is 12.7. The largest absolute Gasteiger partial charge is 0.289 e. The Labute approximate surface area is 134 Å². The molecule has 0 bridgehead atoms. The van der Waals surface area contributed by atoms with Crippen LogP contribution in [0.1, 0.15) is 29.7 Å². The fourth-order valence-electron chi connectivity index (χ4n) is 2.28. The summed E-state index contributed by atoms with van der Waals surface area (Å²) in [5.41, 5.74) is 1.28. The molecule has 23 heavy (non-hydrogen) atoms. The zero-order chi connectivity index (χ0) is 17.4. The lowest BCUT2D eigenvalue weighted by Crippen LogP contribution is -2.28. The van der Waals surface area contributed by atoms with E-state index >= 15 is 0 Å². The van der Waals surface area contributed by atoms with Crippen LogP contribution >= 0.6 is 0 Å². The van der Waals surface area contributed by atoms with Gasteiger partial charge in [-0.2, -0.15) is 5.10 Å². The van der Waals surface area contributed by atoms with Gasteiger partial charge in [0.2, 0.25) is 10.0 Å². The van der Waals surface area contributed by atoms with Crippen LogP contribution in [0.2, 0.25) is 0 Å². The van der Waals surface area contributed by atoms with E-state index in [4.69, 9.17) is 0 Å². The van der Waals surface area contributed by atoms with Crippen LogP contribution < -0.4 is 4.72 Å². The van der Waals surface area contributed by atoms with Gasteiger partial charge in [0.15, 0.2) is 4.90 Å². The van der Waals surface area contributed by atoms with Crippen molar-refractivity contribution in [2.75, 3.05) is 0 Å². The number of nitro groups is 1. The predicted octanol–water partition coefficient (Wildman–Crippen LogP) is 1.98. The smallest absolute Gasteiger partial charge is 0.275 e. The van der Waals surface area contributed by atoms with E-state index in [2.05, 4.69) is 9.82 Å². The highest BCUT2D eigenvalue weighted by Gasteiger charge is 2.30. The Hall–Kier alpha value is -2.26. The Morgan fingerprint density at radius 1 is 1.35 bits per heavy atom. The molecule has 0 aliphatic heterocycles. The third kappa shape index (κ3) is 3.40. The maximum absolute atomic E-state index is 12.7. The molecular weight excluding hydrogens is 320 g/mol. The third-order valence-electron chi connectivity index (χ3n) is 3.68. The van der Waals surface area contributed by atoms with Gasteiger partial charge in [0, 0.05) is 30.9 Å². The molecule has 0 radical (unpaired) electrons. The number of hydrogen-bond donors (Lipinski definition) is 1. The number of nitrogens with zero attached hydrogens (tertiary/aromatic N) is 3. The summed E-state index contributed by atoms with van der Waals surface area (Å²) in [5, 5.41) is 15.2. The van der Waals surface area contributed by atoms with Crippen LogP contribution in [0.3, 0.4) is 0 Å². The lowest BCUT2D eigenvalue weighted by atomic mass is 10.1. The normalized spacial score (nSPS) is 13.0. The van der Waals surface area contributed by atoms with E-state index in [-0.39, 0.29) is 4.90 Å². The molecular formula is C14H18N4O4S. The lowest BCUT2D eigenvalue weighted by molar-refractivity contribution is -0.387. The number of nitro benzene ring substituents is 1. The third-order valence-corrected chi connectivity index (χ3v) is 5.39. The van der Waals surface area contributed by atoms with Gasteiger partial charge in [-0.1, -0.05) is 6.07 Å². The molecule has 0 amide bonds. The van der Waals surface area contributed by atoms with Gasteiger partial charge in [0.05, 0.1) is 11.1 Å². The van der Waals surface area contributed by atoms with Gasteiger partial charge in [0.1, 0.15) is 0 Å². The summed E-state index contributed by atoms with van der Waals surface area (Å²) in [6.45, 7) is 4.93. The molecule has 2 aromatic rings. The Kier molecular flexibility index (Phi) is 4.53. The lowest BCUT2D eigenvalue weighted by Gasteiger charge is -2.15. The van der Waals surface area contributed by atoms with Crippen molar-refractivity contribution in [2.24, 2.45) is 7.05 Å². The van der Waals surface area contributed by atoms with Crippen molar-refractivity contribution in [1.29, 1.82) is 0 Å². The fraction of sp³-hybridized carbons (Fsp3) is 0.357. The minimum atomic E-state index is -4.06. The molecule has 1 heterocycles. The summed E-state index contributed by atoms with van der Waals surface area (Å²) < 4.78 is 29.4. The average Bonchev–Trinajstić information content (AvgIpc) is 2.87. The van der Waals surface area contributed by atoms with Crippen LogP contribution in [0.5, 0.6) is 0 Å². The highest BCUT2D eigenvalue weighted by atomic mass is 32.2. The standard InChI is InChI=1S/C14H18N4O4S/c1-9-5-6-13(18(19)20)14(10(9)2)23(21,22)16-11(3)12-7-15-17(4)8-12/h5-8,11,16H,1-4H3/t11-/m1/s1. The average molecular weight is 338 g/mol. The maximum Gasteiger partial charge on any atom is 0.289 e. The minimum absolute atomic E-state index is 0.293. The van der Waals surface area contributed by atoms with Crippen molar-refractivity contribution in [1.82, 2.24) is 14.5 Å². The molecule has 9 heteroatoms. The zero-order valence-electron chi connectivity index (χ0n) is 13.3. The molecule has 1 N–H and O–H groups in total. The second-order valence-corrected chi connectivity index (χ2v) is 7.05. The summed E-state index contributed by atoms with van der Waals surface area (Å²) in [4.78, 5) is 10.2. The fourth-order valence-corrected chi connectivity index (χ4v) is 3.98. The van der Waals surface area contributed by atoms with Crippen molar-refractivity contribution in [3.63, 3.8) is 0 Å². The Balaban J connectivity index is 2.47. The van der Waals surface area contributed by atoms with E-state index in [1.165, 1.54) is 12.1 Å². The molecule has 0 spiro atoms. The first-order chi connectivity index (χ1) is 10.6. The molecule has 1 aromatic carbocycles. The van der Waals surface area contributed by atoms with Crippen molar-refractivity contribution in [2.45, 2.75) is 31.7 Å². The van der Waals surface area contributed by atoms with Gasteiger partial charge < -0.3 is 0 Å². The Morgan fingerprint density at radius 3 is 2.52 bits per heavy atom. The van der Waals surface area contributed by atoms with Gasteiger partial charge in [-0.15, -0.1) is 0 Å². The molecule has 1 aromatic heterocycles. The Bertz CT molecular complexity index is 858. The highest BCUT2D eigenvalue weighted by molar-refractivity contribution is 7.89. The van der Waals surface area contributed by atoms with Crippen molar-refractivity contribution >= 4 is 15.7 Å². The molecule has 0 aliphatic carbocycles. The second-order valence-electron chi connectivity index (χ2n) is 5.40. The number of nitrogens with one attached hydrogen (secondary N) is 1. The van der Waals surface area contributed by atoms with Crippen molar-refractivity contribution in [3.05, 3.63) is 51.3 Å². The summed E-state index contributed by atoms with van der Waals surface area (Å²) >= 11 is 0. The van der Waals surface area contributed by atoms with Crippen LogP contribution in [-0.4, -0.2) is 23.1 Å². The number of aromatic nitrogens is 2. The minimum Gasteiger partial charge on any atom is -0.275 e. The van der Waals surface area contributed by atoms with Crippen molar-refractivity contribution in [3.8, 4) is 0 Å². The number of sulfonamides is 1. The van der Waals surface area contributed by atoms with E-state index in [0.29, 0.717) is 16.7 Å². The molecule has 0 aliphatic rings. The van der Waals surface area contributed by atoms with E-state index in [1.54, 1.807) is 44.9 Å². The predicted molar refractivity (Wildman–Crippen MR) is 84.5 cm³/mol. The number of hydrogen-bond acceptors (Lipinski definition) is 5. The van der Waals surface area contributed by atoms with Crippen molar-refractivity contribution < 1.29 is 13.3 Å². The summed E-state index contributed by atoms with van der Waals surface area (Å²) in [6, 6.07) is 2.19. The molecule has 8 nitrogen and oxygen atoms in total. The molecule has 0 unspecified atom stereocenters. The van der Waals surface area contributed by atoms with Crippen LogP contribution in [0.25, 0.3) is 0 Å². The summed E-state index contributed by atoms with van der Waals surface area (Å²) in [6.07, 6.45) is 3.23. The molecule has 0 saturated carbocycles. The number of benzene rings is 1. The second kappa shape index (κ2) is 6.09. The van der Waals surface area contributed by atoms with Gasteiger partial charge in [0.25, 0.3) is 5.69 Å². The van der Waals surface area contributed by atoms with E-state index in [1.807, 2.05) is 0 Å². The molecule has 124 valence electrons. The quantitative estimate of drug-likeness (QED) is 0.662. The topological polar surface area (TPSA) is 107 Å². The molecule has 0 fully saturated rings. The highest BCUT2D eigenvalue weighted by Crippen LogP contribution is 2.30. The van der Waals surface area contributed by atoms with Gasteiger partial charge >= 0.3 is 0 Å². The van der Waals surface area contributed by atoms with Gasteiger partial charge in [-0.25, -0.2) is 13.1 Å². The van der Waals surface area contributed by atoms with Crippen LogP contribution in [0.15, 0.2) is 29.4 Å². The first-order valence-electron chi connectivity index (χ1n) is 6.89. The Morgan fingerprint density at radius 2 is 2.00 bits per heavy atom. The monoisotopic (exact) mass is 338 g/mol. The van der Waals surface area contributed by atoms with E-state index in [0.717, 1.165) is 0 Å². The van der Waals surface area contributed by atoms with Gasteiger partial charge in [-0.3, -0.25) is 14.8 Å². The first-order valence-corrected chi connectivity index (χ1v) is 8.37. The molecule has 1 atom stereocenters.